The number of para-hydroxylation sites is 1. The van der Waals surface area contributed by atoms with E-state index in [0.29, 0.717) is 16.0 Å². The van der Waals surface area contributed by atoms with Gasteiger partial charge < -0.3 is 11.2 Å². The van der Waals surface area contributed by atoms with Crippen molar-refractivity contribution in [1.29, 1.82) is 0 Å². The Morgan fingerprint density at radius 3 is 2.42 bits per heavy atom. The highest BCUT2D eigenvalue weighted by Crippen LogP contribution is 2.21. The van der Waals surface area contributed by atoms with Crippen LogP contribution in [0.1, 0.15) is 5.01 Å². The molecular formula is C17H15N7OS. The summed E-state index contributed by atoms with van der Waals surface area (Å²) in [5.74, 6) is 6.28. The van der Waals surface area contributed by atoms with Crippen LogP contribution in [0.4, 0.5) is 10.8 Å². The normalized spacial score (nSPS) is 10.8. The lowest BCUT2D eigenvalue weighted by molar-refractivity contribution is 0.644. The van der Waals surface area contributed by atoms with Crippen molar-refractivity contribution in [3.8, 4) is 11.4 Å². The molecule has 4 aromatic rings. The third-order valence-electron chi connectivity index (χ3n) is 3.68. The second-order valence-electron chi connectivity index (χ2n) is 5.49. The smallest absolute Gasteiger partial charge is 0.333 e. The quantitative estimate of drug-likeness (QED) is 0.525. The molecule has 0 aliphatic heterocycles. The molecule has 130 valence electrons. The van der Waals surface area contributed by atoms with Gasteiger partial charge in [0, 0.05) is 11.3 Å². The van der Waals surface area contributed by atoms with Gasteiger partial charge in [-0.1, -0.05) is 59.9 Å². The van der Waals surface area contributed by atoms with Gasteiger partial charge in [-0.3, -0.25) is 0 Å². The first-order chi connectivity index (χ1) is 12.7. The van der Waals surface area contributed by atoms with Crippen LogP contribution in [-0.2, 0) is 6.54 Å². The molecular weight excluding hydrogens is 350 g/mol. The fraction of sp³-hybridized carbons (Fsp3) is 0.0588. The number of hydrogen-bond acceptors (Lipinski definition) is 7. The lowest BCUT2D eigenvalue weighted by Crippen LogP contribution is -2.30. The summed E-state index contributed by atoms with van der Waals surface area (Å²) >= 11 is 1.36. The maximum Gasteiger partial charge on any atom is 0.365 e. The van der Waals surface area contributed by atoms with Crippen LogP contribution in [0.5, 0.6) is 0 Å². The summed E-state index contributed by atoms with van der Waals surface area (Å²) in [4.78, 5) is 12.3. The van der Waals surface area contributed by atoms with E-state index in [0.717, 1.165) is 15.9 Å². The van der Waals surface area contributed by atoms with Crippen LogP contribution >= 0.6 is 11.3 Å². The third-order valence-corrected chi connectivity index (χ3v) is 4.50. The number of rotatable bonds is 5. The highest BCUT2D eigenvalue weighted by molar-refractivity contribution is 7.15. The minimum absolute atomic E-state index is 0.205. The average molecular weight is 365 g/mol. The SMILES string of the molecule is Nn1c(-c2ccccc2)nn(Cc2nnc(Nc3ccccc3)s2)c1=O. The van der Waals surface area contributed by atoms with Crippen molar-refractivity contribution in [1.82, 2.24) is 24.7 Å². The summed E-state index contributed by atoms with van der Waals surface area (Å²) in [7, 11) is 0. The second kappa shape index (κ2) is 6.81. The Morgan fingerprint density at radius 1 is 1.00 bits per heavy atom. The minimum atomic E-state index is -0.406. The number of nitrogens with one attached hydrogen (secondary N) is 1. The molecule has 0 fully saturated rings. The Morgan fingerprint density at radius 2 is 1.69 bits per heavy atom. The van der Waals surface area contributed by atoms with Crippen molar-refractivity contribution in [3.63, 3.8) is 0 Å². The van der Waals surface area contributed by atoms with E-state index in [2.05, 4.69) is 20.6 Å². The first-order valence-corrected chi connectivity index (χ1v) is 8.67. The Balaban J connectivity index is 1.56. The van der Waals surface area contributed by atoms with Crippen LogP contribution in [0.3, 0.4) is 0 Å². The van der Waals surface area contributed by atoms with Crippen molar-refractivity contribution in [3.05, 3.63) is 76.2 Å². The first kappa shape index (κ1) is 16.0. The van der Waals surface area contributed by atoms with Crippen molar-refractivity contribution >= 4 is 22.2 Å². The van der Waals surface area contributed by atoms with Gasteiger partial charge in [-0.15, -0.1) is 15.3 Å². The van der Waals surface area contributed by atoms with E-state index < -0.39 is 5.69 Å². The Bertz CT molecular complexity index is 1070. The van der Waals surface area contributed by atoms with Crippen LogP contribution in [0.2, 0.25) is 0 Å². The van der Waals surface area contributed by atoms with Crippen LogP contribution in [0.25, 0.3) is 11.4 Å². The summed E-state index contributed by atoms with van der Waals surface area (Å²) in [5, 5.41) is 17.0. The van der Waals surface area contributed by atoms with Gasteiger partial charge >= 0.3 is 5.69 Å². The second-order valence-corrected chi connectivity index (χ2v) is 6.55. The molecule has 9 heteroatoms. The molecule has 4 rings (SSSR count). The van der Waals surface area contributed by atoms with Gasteiger partial charge in [0.1, 0.15) is 11.6 Å². The highest BCUT2D eigenvalue weighted by Gasteiger charge is 2.15. The molecule has 0 aliphatic carbocycles. The molecule has 0 atom stereocenters. The zero-order chi connectivity index (χ0) is 17.9. The van der Waals surface area contributed by atoms with Gasteiger partial charge in [-0.25, -0.2) is 9.48 Å². The zero-order valence-corrected chi connectivity index (χ0v) is 14.4. The molecule has 2 aromatic heterocycles. The summed E-state index contributed by atoms with van der Waals surface area (Å²) in [5.41, 5.74) is 1.29. The molecule has 0 bridgehead atoms. The van der Waals surface area contributed by atoms with Crippen molar-refractivity contribution in [2.24, 2.45) is 0 Å². The van der Waals surface area contributed by atoms with Gasteiger partial charge in [-0.2, -0.15) is 4.68 Å². The summed E-state index contributed by atoms with van der Waals surface area (Å²) in [6.07, 6.45) is 0. The number of anilines is 2. The largest absolute Gasteiger partial charge is 0.365 e. The van der Waals surface area contributed by atoms with E-state index in [1.54, 1.807) is 0 Å². The topological polar surface area (TPSA) is 104 Å². The van der Waals surface area contributed by atoms with Crippen LogP contribution in [0.15, 0.2) is 65.5 Å². The van der Waals surface area contributed by atoms with Crippen LogP contribution in [0, 0.1) is 0 Å². The molecule has 2 heterocycles. The van der Waals surface area contributed by atoms with E-state index in [1.807, 2.05) is 60.7 Å². The lowest BCUT2D eigenvalue weighted by Gasteiger charge is -1.99. The number of hydrogen-bond donors (Lipinski definition) is 2. The number of nitrogen functional groups attached to an aromatic ring is 1. The van der Waals surface area contributed by atoms with Gasteiger partial charge in [0.15, 0.2) is 5.82 Å². The van der Waals surface area contributed by atoms with Crippen LogP contribution in [-0.4, -0.2) is 24.7 Å². The molecule has 0 radical (unpaired) electrons. The third kappa shape index (κ3) is 3.20. The number of nitrogens with two attached hydrogens (primary N) is 1. The van der Waals surface area contributed by atoms with Gasteiger partial charge in [0.05, 0.1) is 0 Å². The standard InChI is InChI=1S/C17H15N7OS/c18-24-15(12-7-3-1-4-8-12)22-23(17(24)25)11-14-20-21-16(26-14)19-13-9-5-2-6-10-13/h1-10H,11,18H2,(H,19,21). The summed E-state index contributed by atoms with van der Waals surface area (Å²) in [6.45, 7) is 0.205. The molecule has 0 saturated heterocycles. The van der Waals surface area contributed by atoms with E-state index in [9.17, 15) is 4.79 Å². The molecule has 0 unspecified atom stereocenters. The molecule has 3 N–H and O–H groups in total. The van der Waals surface area contributed by atoms with Crippen LogP contribution < -0.4 is 16.8 Å². The number of nitrogens with zero attached hydrogens (tertiary/aromatic N) is 5. The van der Waals surface area contributed by atoms with Crippen molar-refractivity contribution < 1.29 is 0 Å². The molecule has 0 amide bonds. The first-order valence-electron chi connectivity index (χ1n) is 7.85. The average Bonchev–Trinajstić information content (AvgIpc) is 3.23. The molecule has 8 nitrogen and oxygen atoms in total. The van der Waals surface area contributed by atoms with E-state index in [-0.39, 0.29) is 6.54 Å². The fourth-order valence-corrected chi connectivity index (χ4v) is 3.19. The zero-order valence-electron chi connectivity index (χ0n) is 13.6. The van der Waals surface area contributed by atoms with Gasteiger partial charge in [-0.05, 0) is 12.1 Å². The van der Waals surface area contributed by atoms with Gasteiger partial charge in [0.2, 0.25) is 5.13 Å². The lowest BCUT2D eigenvalue weighted by atomic mass is 10.2. The summed E-state index contributed by atoms with van der Waals surface area (Å²) in [6, 6.07) is 19.0. The molecule has 26 heavy (non-hydrogen) atoms. The summed E-state index contributed by atoms with van der Waals surface area (Å²) < 4.78 is 2.33. The monoisotopic (exact) mass is 365 g/mol. The predicted octanol–water partition coefficient (Wildman–Crippen LogP) is 2.07. The van der Waals surface area contributed by atoms with Crippen molar-refractivity contribution in [2.75, 3.05) is 11.2 Å². The molecule has 0 spiro atoms. The van der Waals surface area contributed by atoms with Gasteiger partial charge in [0.25, 0.3) is 0 Å². The van der Waals surface area contributed by atoms with E-state index in [4.69, 9.17) is 5.84 Å². The maximum absolute atomic E-state index is 12.3. The Kier molecular flexibility index (Phi) is 4.20. The predicted molar refractivity (Wildman–Crippen MR) is 101 cm³/mol. The fourth-order valence-electron chi connectivity index (χ4n) is 2.45. The van der Waals surface area contributed by atoms with E-state index in [1.165, 1.54) is 16.0 Å². The van der Waals surface area contributed by atoms with E-state index >= 15 is 0 Å². The minimum Gasteiger partial charge on any atom is -0.333 e. The Labute approximate surface area is 152 Å². The maximum atomic E-state index is 12.3. The molecule has 0 saturated carbocycles. The van der Waals surface area contributed by atoms with Crippen molar-refractivity contribution in [2.45, 2.75) is 6.54 Å². The number of benzene rings is 2. The Hall–Kier alpha value is -3.46. The highest BCUT2D eigenvalue weighted by atomic mass is 32.1. The molecule has 2 aromatic carbocycles. The number of aromatic nitrogens is 5. The molecule has 0 aliphatic rings.